The zero-order chi connectivity index (χ0) is 16.2. The van der Waals surface area contributed by atoms with Crippen molar-refractivity contribution in [2.45, 2.75) is 0 Å². The van der Waals surface area contributed by atoms with Gasteiger partial charge in [0.1, 0.15) is 5.75 Å². The molecule has 0 amide bonds. The Labute approximate surface area is 132 Å². The number of rotatable bonds is 4. The Morgan fingerprint density at radius 3 is 2.57 bits per heavy atom. The molecular formula is C16H14N4O3. The van der Waals surface area contributed by atoms with Crippen molar-refractivity contribution in [1.29, 1.82) is 0 Å². The summed E-state index contributed by atoms with van der Waals surface area (Å²) in [5.74, 6) is 0.222. The van der Waals surface area contributed by atoms with Gasteiger partial charge >= 0.3 is 5.97 Å². The fraction of sp³-hybridized carbons (Fsp3) is 0.125. The van der Waals surface area contributed by atoms with E-state index in [-0.39, 0.29) is 5.69 Å². The van der Waals surface area contributed by atoms with E-state index in [1.54, 1.807) is 30.1 Å². The minimum atomic E-state index is -0.549. The highest BCUT2D eigenvalue weighted by Gasteiger charge is 2.17. The molecule has 7 nitrogen and oxygen atoms in total. The van der Waals surface area contributed by atoms with Crippen molar-refractivity contribution in [2.24, 2.45) is 0 Å². The normalized spacial score (nSPS) is 10.3. The van der Waals surface area contributed by atoms with Gasteiger partial charge in [-0.1, -0.05) is 0 Å². The Hall–Kier alpha value is -3.22. The van der Waals surface area contributed by atoms with Crippen LogP contribution in [0.2, 0.25) is 0 Å². The lowest BCUT2D eigenvalue weighted by Crippen LogP contribution is -2.08. The first kappa shape index (κ1) is 14.7. The molecule has 0 saturated heterocycles. The van der Waals surface area contributed by atoms with E-state index in [0.29, 0.717) is 11.3 Å². The molecular weight excluding hydrogens is 296 g/mol. The fourth-order valence-electron chi connectivity index (χ4n) is 2.13. The molecule has 2 heterocycles. The van der Waals surface area contributed by atoms with Crippen LogP contribution in [0.25, 0.3) is 16.9 Å². The smallest absolute Gasteiger partial charge is 0.359 e. The van der Waals surface area contributed by atoms with Crippen LogP contribution in [-0.2, 0) is 4.74 Å². The van der Waals surface area contributed by atoms with Gasteiger partial charge in [0.15, 0.2) is 5.69 Å². The van der Waals surface area contributed by atoms with Crippen molar-refractivity contribution >= 4 is 5.97 Å². The van der Waals surface area contributed by atoms with Crippen molar-refractivity contribution in [3.63, 3.8) is 0 Å². The second kappa shape index (κ2) is 6.27. The minimum absolute atomic E-state index is 0.134. The number of carbonyl (C=O) groups is 1. The van der Waals surface area contributed by atoms with Gasteiger partial charge in [-0.2, -0.15) is 10.2 Å². The molecule has 3 aromatic rings. The Bertz CT molecular complexity index is 827. The third kappa shape index (κ3) is 2.89. The van der Waals surface area contributed by atoms with E-state index in [9.17, 15) is 4.79 Å². The Balaban J connectivity index is 1.97. The van der Waals surface area contributed by atoms with Gasteiger partial charge in [0.2, 0.25) is 0 Å². The SMILES string of the molecule is COC(=O)c1nnccc1-c1ccn(-c2ccc(OC)cc2)n1. The van der Waals surface area contributed by atoms with E-state index in [1.165, 1.54) is 13.3 Å². The molecule has 0 aliphatic carbocycles. The summed E-state index contributed by atoms with van der Waals surface area (Å²) >= 11 is 0. The molecule has 0 fully saturated rings. The summed E-state index contributed by atoms with van der Waals surface area (Å²) in [5, 5.41) is 12.0. The van der Waals surface area contributed by atoms with Crippen LogP contribution in [0.3, 0.4) is 0 Å². The van der Waals surface area contributed by atoms with Crippen LogP contribution in [0, 0.1) is 0 Å². The van der Waals surface area contributed by atoms with Crippen molar-refractivity contribution < 1.29 is 14.3 Å². The lowest BCUT2D eigenvalue weighted by atomic mass is 10.1. The molecule has 1 aromatic carbocycles. The summed E-state index contributed by atoms with van der Waals surface area (Å²) in [7, 11) is 2.92. The van der Waals surface area contributed by atoms with E-state index >= 15 is 0 Å². The number of methoxy groups -OCH3 is 2. The predicted octanol–water partition coefficient (Wildman–Crippen LogP) is 2.12. The molecule has 0 unspecified atom stereocenters. The lowest BCUT2D eigenvalue weighted by Gasteiger charge is -2.04. The maximum absolute atomic E-state index is 11.8. The van der Waals surface area contributed by atoms with E-state index in [4.69, 9.17) is 9.47 Å². The van der Waals surface area contributed by atoms with E-state index < -0.39 is 5.97 Å². The van der Waals surface area contributed by atoms with Gasteiger partial charge in [-0.25, -0.2) is 9.48 Å². The second-order valence-electron chi connectivity index (χ2n) is 4.63. The molecule has 0 aliphatic heterocycles. The van der Waals surface area contributed by atoms with Gasteiger partial charge in [0.25, 0.3) is 0 Å². The molecule has 0 radical (unpaired) electrons. The first-order valence-electron chi connectivity index (χ1n) is 6.83. The molecule has 2 aromatic heterocycles. The monoisotopic (exact) mass is 310 g/mol. The second-order valence-corrected chi connectivity index (χ2v) is 4.63. The maximum atomic E-state index is 11.8. The number of hydrogen-bond donors (Lipinski definition) is 0. The van der Waals surface area contributed by atoms with E-state index in [1.807, 2.05) is 24.3 Å². The highest BCUT2D eigenvalue weighted by Crippen LogP contribution is 2.22. The number of carbonyl (C=O) groups excluding carboxylic acids is 1. The fourth-order valence-corrected chi connectivity index (χ4v) is 2.13. The van der Waals surface area contributed by atoms with Gasteiger partial charge in [0.05, 0.1) is 31.8 Å². The summed E-state index contributed by atoms with van der Waals surface area (Å²) in [6.45, 7) is 0. The number of aromatic nitrogens is 4. The third-order valence-electron chi connectivity index (χ3n) is 3.30. The van der Waals surface area contributed by atoms with Gasteiger partial charge in [-0.15, -0.1) is 5.10 Å². The molecule has 116 valence electrons. The lowest BCUT2D eigenvalue weighted by molar-refractivity contribution is 0.0593. The minimum Gasteiger partial charge on any atom is -0.497 e. The van der Waals surface area contributed by atoms with Crippen molar-refractivity contribution in [3.05, 3.63) is 54.5 Å². The summed E-state index contributed by atoms with van der Waals surface area (Å²) in [6, 6.07) is 11.0. The number of benzene rings is 1. The van der Waals surface area contributed by atoms with Gasteiger partial charge in [-0.05, 0) is 36.4 Å². The first-order chi connectivity index (χ1) is 11.2. The maximum Gasteiger partial charge on any atom is 0.359 e. The highest BCUT2D eigenvalue weighted by molar-refractivity contribution is 5.94. The van der Waals surface area contributed by atoms with Crippen LogP contribution in [0.15, 0.2) is 48.8 Å². The summed E-state index contributed by atoms with van der Waals surface area (Å²) in [4.78, 5) is 11.8. The van der Waals surface area contributed by atoms with Crippen LogP contribution in [0.5, 0.6) is 5.75 Å². The molecule has 0 spiro atoms. The Morgan fingerprint density at radius 2 is 1.87 bits per heavy atom. The highest BCUT2D eigenvalue weighted by atomic mass is 16.5. The van der Waals surface area contributed by atoms with Crippen LogP contribution >= 0.6 is 0 Å². The average molecular weight is 310 g/mol. The molecule has 0 N–H and O–H groups in total. The molecule has 0 atom stereocenters. The zero-order valence-corrected chi connectivity index (χ0v) is 12.6. The van der Waals surface area contributed by atoms with Crippen LogP contribution in [0.1, 0.15) is 10.5 Å². The zero-order valence-electron chi connectivity index (χ0n) is 12.6. The molecule has 0 bridgehead atoms. The third-order valence-corrected chi connectivity index (χ3v) is 3.30. The first-order valence-corrected chi connectivity index (χ1v) is 6.83. The topological polar surface area (TPSA) is 79.1 Å². The average Bonchev–Trinajstić information content (AvgIpc) is 3.11. The van der Waals surface area contributed by atoms with Crippen LogP contribution < -0.4 is 4.74 Å². The van der Waals surface area contributed by atoms with Crippen molar-refractivity contribution in [2.75, 3.05) is 14.2 Å². The van der Waals surface area contributed by atoms with Crippen LogP contribution in [-0.4, -0.2) is 40.2 Å². The molecule has 7 heteroatoms. The molecule has 0 saturated carbocycles. The standard InChI is InChI=1S/C16H14N4O3/c1-22-12-5-3-11(4-6-12)20-10-8-14(19-20)13-7-9-17-18-15(13)16(21)23-2/h3-10H,1-2H3. The number of nitrogens with zero attached hydrogens (tertiary/aromatic N) is 4. The number of hydrogen-bond acceptors (Lipinski definition) is 6. The van der Waals surface area contributed by atoms with Crippen LogP contribution in [0.4, 0.5) is 0 Å². The summed E-state index contributed by atoms with van der Waals surface area (Å²) in [5.41, 5.74) is 2.18. The van der Waals surface area contributed by atoms with E-state index in [2.05, 4.69) is 15.3 Å². The predicted molar refractivity (Wildman–Crippen MR) is 82.5 cm³/mol. The van der Waals surface area contributed by atoms with Gasteiger partial charge < -0.3 is 9.47 Å². The Kier molecular flexibility index (Phi) is 4.01. The van der Waals surface area contributed by atoms with Gasteiger partial charge in [-0.3, -0.25) is 0 Å². The van der Waals surface area contributed by atoms with Gasteiger partial charge in [0, 0.05) is 11.8 Å². The largest absolute Gasteiger partial charge is 0.497 e. The molecule has 23 heavy (non-hydrogen) atoms. The summed E-state index contributed by atoms with van der Waals surface area (Å²) in [6.07, 6.45) is 3.31. The summed E-state index contributed by atoms with van der Waals surface area (Å²) < 4.78 is 11.6. The molecule has 0 aliphatic rings. The number of ether oxygens (including phenoxy) is 2. The van der Waals surface area contributed by atoms with E-state index in [0.717, 1.165) is 11.4 Å². The quantitative estimate of drug-likeness (QED) is 0.687. The Morgan fingerprint density at radius 1 is 1.09 bits per heavy atom. The van der Waals surface area contributed by atoms with Crippen molar-refractivity contribution in [3.8, 4) is 22.7 Å². The van der Waals surface area contributed by atoms with Crippen molar-refractivity contribution in [1.82, 2.24) is 20.0 Å². The number of esters is 1. The molecule has 3 rings (SSSR count).